The van der Waals surface area contributed by atoms with Crippen molar-refractivity contribution in [3.05, 3.63) is 70.8 Å². The third kappa shape index (κ3) is 3.13. The molecule has 1 aliphatic heterocycles. The lowest BCUT2D eigenvalue weighted by atomic mass is 10.0. The second-order valence-electron chi connectivity index (χ2n) is 7.35. The average molecular weight is 463 g/mol. The molecule has 1 amide bonds. The third-order valence-electron chi connectivity index (χ3n) is 5.48. The van der Waals surface area contributed by atoms with Crippen LogP contribution in [0.25, 0.3) is 16.7 Å². The van der Waals surface area contributed by atoms with Crippen molar-refractivity contribution in [1.82, 2.24) is 19.5 Å². The van der Waals surface area contributed by atoms with E-state index in [1.807, 2.05) is 26.1 Å². The number of hydrogen-bond donors (Lipinski definition) is 1. The van der Waals surface area contributed by atoms with Crippen molar-refractivity contribution in [3.63, 3.8) is 0 Å². The zero-order valence-corrected chi connectivity index (χ0v) is 18.1. The number of hydrogen-bond acceptors (Lipinski definition) is 5. The van der Waals surface area contributed by atoms with E-state index in [1.165, 1.54) is 0 Å². The van der Waals surface area contributed by atoms with Gasteiger partial charge in [0.15, 0.2) is 5.82 Å². The van der Waals surface area contributed by atoms with Crippen LogP contribution < -0.4 is 10.2 Å². The summed E-state index contributed by atoms with van der Waals surface area (Å²) in [5.41, 5.74) is 4.86. The van der Waals surface area contributed by atoms with Gasteiger partial charge in [-0.25, -0.2) is 9.97 Å². The van der Waals surface area contributed by atoms with Gasteiger partial charge in [0.05, 0.1) is 29.9 Å². The van der Waals surface area contributed by atoms with E-state index in [9.17, 15) is 4.79 Å². The monoisotopic (exact) mass is 462 g/mol. The van der Waals surface area contributed by atoms with E-state index in [0.29, 0.717) is 12.2 Å². The minimum Gasteiger partial charge on any atom is -0.364 e. The maximum absolute atomic E-state index is 12.5. The molecule has 0 radical (unpaired) electrons. The van der Waals surface area contributed by atoms with Gasteiger partial charge in [0.2, 0.25) is 5.91 Å². The molecule has 4 aromatic rings. The molecule has 1 atom stereocenters. The second-order valence-corrected chi connectivity index (χ2v) is 8.27. The van der Waals surface area contributed by atoms with Crippen molar-refractivity contribution in [2.75, 3.05) is 17.3 Å². The first-order chi connectivity index (χ1) is 14.5. The van der Waals surface area contributed by atoms with Gasteiger partial charge in [-0.05, 0) is 52.7 Å². The summed E-state index contributed by atoms with van der Waals surface area (Å²) in [5, 5.41) is 2.91. The van der Waals surface area contributed by atoms with E-state index in [4.69, 9.17) is 0 Å². The second kappa shape index (κ2) is 7.21. The molecule has 0 bridgehead atoms. The van der Waals surface area contributed by atoms with Crippen molar-refractivity contribution >= 4 is 44.4 Å². The smallest absolute Gasteiger partial charge is 0.228 e. The minimum absolute atomic E-state index is 0.0477. The van der Waals surface area contributed by atoms with Gasteiger partial charge in [0.1, 0.15) is 11.3 Å². The van der Waals surface area contributed by atoms with Gasteiger partial charge in [0.25, 0.3) is 0 Å². The van der Waals surface area contributed by atoms with Crippen LogP contribution in [0.4, 0.5) is 11.5 Å². The maximum Gasteiger partial charge on any atom is 0.228 e. The van der Waals surface area contributed by atoms with Gasteiger partial charge >= 0.3 is 0 Å². The number of nitrogens with zero attached hydrogens (tertiary/aromatic N) is 5. The normalized spacial score (nSPS) is 16.3. The number of imidazole rings is 1. The highest BCUT2D eigenvalue weighted by molar-refractivity contribution is 9.10. The molecular formula is C22H19BrN6O. The predicted molar refractivity (Wildman–Crippen MR) is 120 cm³/mol. The first-order valence-corrected chi connectivity index (χ1v) is 10.4. The Labute approximate surface area is 181 Å². The molecule has 1 aromatic carbocycles. The number of aryl methyl sites for hydroxylation is 1. The van der Waals surface area contributed by atoms with Crippen LogP contribution in [0.15, 0.2) is 59.5 Å². The summed E-state index contributed by atoms with van der Waals surface area (Å²) in [4.78, 5) is 27.7. The van der Waals surface area contributed by atoms with E-state index < -0.39 is 0 Å². The van der Waals surface area contributed by atoms with Gasteiger partial charge < -0.3 is 10.2 Å². The molecule has 0 fully saturated rings. The fourth-order valence-electron chi connectivity index (χ4n) is 4.02. The Kier molecular flexibility index (Phi) is 4.51. The Morgan fingerprint density at radius 3 is 2.77 bits per heavy atom. The number of anilines is 2. The molecule has 0 saturated carbocycles. The van der Waals surface area contributed by atoms with Crippen LogP contribution in [0, 0.1) is 6.92 Å². The van der Waals surface area contributed by atoms with E-state index >= 15 is 0 Å². The molecular weight excluding hydrogens is 444 g/mol. The Morgan fingerprint density at radius 2 is 1.97 bits per heavy atom. The van der Waals surface area contributed by atoms with Crippen LogP contribution in [-0.2, 0) is 4.79 Å². The summed E-state index contributed by atoms with van der Waals surface area (Å²) in [5.74, 6) is 1.44. The van der Waals surface area contributed by atoms with Crippen molar-refractivity contribution in [1.29, 1.82) is 0 Å². The van der Waals surface area contributed by atoms with E-state index in [0.717, 1.165) is 38.3 Å². The van der Waals surface area contributed by atoms with Crippen LogP contribution in [-0.4, -0.2) is 32.5 Å². The van der Waals surface area contributed by atoms with Crippen LogP contribution in [0.5, 0.6) is 0 Å². The maximum atomic E-state index is 12.5. The molecule has 1 N–H and O–H groups in total. The van der Waals surface area contributed by atoms with E-state index in [-0.39, 0.29) is 11.9 Å². The lowest BCUT2D eigenvalue weighted by Gasteiger charge is -2.28. The van der Waals surface area contributed by atoms with Crippen LogP contribution in [0.2, 0.25) is 0 Å². The zero-order valence-electron chi connectivity index (χ0n) is 16.5. The number of fused-ring (bicyclic) bond motifs is 2. The van der Waals surface area contributed by atoms with Crippen LogP contribution in [0.1, 0.15) is 23.9 Å². The number of halogens is 1. The highest BCUT2D eigenvalue weighted by atomic mass is 79.9. The molecule has 4 heterocycles. The molecule has 150 valence electrons. The summed E-state index contributed by atoms with van der Waals surface area (Å²) in [6, 6.07) is 12.1. The molecule has 1 aliphatic rings. The number of amides is 1. The Bertz CT molecular complexity index is 1270. The fourth-order valence-corrected chi connectivity index (χ4v) is 4.34. The van der Waals surface area contributed by atoms with Gasteiger partial charge in [-0.3, -0.25) is 14.3 Å². The van der Waals surface area contributed by atoms with Gasteiger partial charge in [-0.2, -0.15) is 0 Å². The SMILES string of the molecule is Cc1nc2cnccc2n1-c1ccc(C2CC(=O)Nc3ncc(Br)cc3N2C)cc1. The molecule has 30 heavy (non-hydrogen) atoms. The summed E-state index contributed by atoms with van der Waals surface area (Å²) in [6.07, 6.45) is 5.59. The number of benzene rings is 1. The van der Waals surface area contributed by atoms with Gasteiger partial charge in [-0.15, -0.1) is 0 Å². The van der Waals surface area contributed by atoms with E-state index in [2.05, 4.69) is 69.9 Å². The quantitative estimate of drug-likeness (QED) is 0.477. The number of nitrogens with one attached hydrogen (secondary N) is 1. The first-order valence-electron chi connectivity index (χ1n) is 9.59. The van der Waals surface area contributed by atoms with Gasteiger partial charge in [-0.1, -0.05) is 12.1 Å². The van der Waals surface area contributed by atoms with Crippen LogP contribution in [0.3, 0.4) is 0 Å². The summed E-state index contributed by atoms with van der Waals surface area (Å²) in [7, 11) is 1.99. The lowest BCUT2D eigenvalue weighted by Crippen LogP contribution is -2.25. The summed E-state index contributed by atoms with van der Waals surface area (Å²) in [6.45, 7) is 1.99. The largest absolute Gasteiger partial charge is 0.364 e. The molecule has 0 aliphatic carbocycles. The van der Waals surface area contributed by atoms with Crippen molar-refractivity contribution in [3.8, 4) is 5.69 Å². The van der Waals surface area contributed by atoms with Crippen LogP contribution >= 0.6 is 15.9 Å². The molecule has 0 spiro atoms. The molecule has 1 unspecified atom stereocenters. The lowest BCUT2D eigenvalue weighted by molar-refractivity contribution is -0.116. The van der Waals surface area contributed by atoms with Crippen molar-refractivity contribution < 1.29 is 4.79 Å². The number of pyridine rings is 2. The predicted octanol–water partition coefficient (Wildman–Crippen LogP) is 4.41. The highest BCUT2D eigenvalue weighted by Crippen LogP contribution is 2.37. The van der Waals surface area contributed by atoms with E-state index in [1.54, 1.807) is 18.6 Å². The zero-order chi connectivity index (χ0) is 20.8. The van der Waals surface area contributed by atoms with Crippen molar-refractivity contribution in [2.24, 2.45) is 0 Å². The summed E-state index contributed by atoms with van der Waals surface area (Å²) < 4.78 is 2.98. The molecule has 7 nitrogen and oxygen atoms in total. The molecule has 0 saturated heterocycles. The molecule has 5 rings (SSSR count). The Morgan fingerprint density at radius 1 is 1.17 bits per heavy atom. The van der Waals surface area contributed by atoms with Crippen molar-refractivity contribution in [2.45, 2.75) is 19.4 Å². The first kappa shape index (κ1) is 18.7. The number of rotatable bonds is 2. The number of aromatic nitrogens is 4. The minimum atomic E-state index is -0.0961. The third-order valence-corrected chi connectivity index (χ3v) is 5.91. The topological polar surface area (TPSA) is 75.9 Å². The van der Waals surface area contributed by atoms with Gasteiger partial charge in [0, 0.05) is 29.6 Å². The fraction of sp³-hybridized carbons (Fsp3) is 0.182. The Balaban J connectivity index is 1.53. The Hall–Kier alpha value is -3.26. The average Bonchev–Trinajstić information content (AvgIpc) is 3.02. The molecule has 8 heteroatoms. The molecule has 3 aromatic heterocycles. The standard InChI is InChI=1S/C22H19BrN6O/c1-13-26-17-12-24-8-7-18(17)29(13)16-5-3-14(4-6-16)19-10-21(30)27-22-20(28(19)2)9-15(23)11-25-22/h3-9,11-12,19H,10H2,1-2H3,(H,25,27,30). The number of carbonyl (C=O) groups is 1. The highest BCUT2D eigenvalue weighted by Gasteiger charge is 2.28. The summed E-state index contributed by atoms with van der Waals surface area (Å²) >= 11 is 3.48. The number of carbonyl (C=O) groups excluding carboxylic acids is 1.